The van der Waals surface area contributed by atoms with E-state index in [2.05, 4.69) is 38.0 Å². The Bertz CT molecular complexity index is 287. The van der Waals surface area contributed by atoms with Gasteiger partial charge in [0.05, 0.1) is 12.7 Å². The lowest BCUT2D eigenvalue weighted by Crippen LogP contribution is -2.46. The van der Waals surface area contributed by atoms with Crippen molar-refractivity contribution in [1.82, 2.24) is 10.2 Å². The second-order valence-corrected chi connectivity index (χ2v) is 7.93. The highest BCUT2D eigenvalue weighted by Crippen LogP contribution is 2.36. The van der Waals surface area contributed by atoms with E-state index >= 15 is 0 Å². The van der Waals surface area contributed by atoms with Crippen LogP contribution in [0.1, 0.15) is 52.9 Å². The third kappa shape index (κ3) is 5.01. The maximum absolute atomic E-state index is 5.84. The molecule has 0 bridgehead atoms. The molecular formula is C17H34N2O. The minimum absolute atomic E-state index is 0.385. The van der Waals surface area contributed by atoms with Crippen molar-refractivity contribution < 1.29 is 4.74 Å². The molecule has 118 valence electrons. The third-order valence-electron chi connectivity index (χ3n) is 5.17. The molecule has 3 atom stereocenters. The van der Waals surface area contributed by atoms with Gasteiger partial charge in [0.1, 0.15) is 0 Å². The van der Waals surface area contributed by atoms with Gasteiger partial charge in [-0.15, -0.1) is 0 Å². The first-order valence-electron chi connectivity index (χ1n) is 8.48. The molecule has 3 nitrogen and oxygen atoms in total. The molecule has 3 heteroatoms. The Hall–Kier alpha value is -0.120. The monoisotopic (exact) mass is 282 g/mol. The topological polar surface area (TPSA) is 24.5 Å². The molecule has 1 saturated heterocycles. The first-order chi connectivity index (χ1) is 9.45. The molecule has 0 spiro atoms. The van der Waals surface area contributed by atoms with E-state index < -0.39 is 0 Å². The van der Waals surface area contributed by atoms with Crippen LogP contribution in [-0.4, -0.2) is 50.3 Å². The van der Waals surface area contributed by atoms with Crippen molar-refractivity contribution in [2.45, 2.75) is 65.0 Å². The Balaban J connectivity index is 1.71. The summed E-state index contributed by atoms with van der Waals surface area (Å²) in [6, 6.07) is 0.707. The van der Waals surface area contributed by atoms with Gasteiger partial charge in [0.15, 0.2) is 0 Å². The molecule has 2 rings (SSSR count). The van der Waals surface area contributed by atoms with Crippen molar-refractivity contribution in [1.29, 1.82) is 0 Å². The molecule has 0 aromatic rings. The van der Waals surface area contributed by atoms with E-state index in [9.17, 15) is 0 Å². The van der Waals surface area contributed by atoms with Gasteiger partial charge in [-0.3, -0.25) is 0 Å². The van der Waals surface area contributed by atoms with Crippen LogP contribution in [-0.2, 0) is 4.74 Å². The van der Waals surface area contributed by atoms with Crippen LogP contribution in [0.25, 0.3) is 0 Å². The van der Waals surface area contributed by atoms with Gasteiger partial charge in [-0.25, -0.2) is 0 Å². The molecule has 1 heterocycles. The van der Waals surface area contributed by atoms with Gasteiger partial charge in [-0.05, 0) is 44.1 Å². The Morgan fingerprint density at radius 3 is 2.65 bits per heavy atom. The molecule has 2 fully saturated rings. The summed E-state index contributed by atoms with van der Waals surface area (Å²) in [6.45, 7) is 11.3. The minimum Gasteiger partial charge on any atom is -0.374 e. The van der Waals surface area contributed by atoms with Crippen LogP contribution in [0.15, 0.2) is 0 Å². The van der Waals surface area contributed by atoms with Crippen molar-refractivity contribution in [3.05, 3.63) is 0 Å². The lowest BCUT2D eigenvalue weighted by Gasteiger charge is -2.31. The summed E-state index contributed by atoms with van der Waals surface area (Å²) in [5, 5.41) is 3.77. The van der Waals surface area contributed by atoms with Gasteiger partial charge in [0.25, 0.3) is 0 Å². The van der Waals surface area contributed by atoms with E-state index in [-0.39, 0.29) is 0 Å². The molecule has 1 saturated carbocycles. The molecule has 20 heavy (non-hydrogen) atoms. The maximum atomic E-state index is 5.84. The van der Waals surface area contributed by atoms with E-state index in [1.54, 1.807) is 0 Å². The molecule has 3 unspecified atom stereocenters. The van der Waals surface area contributed by atoms with E-state index in [1.165, 1.54) is 32.1 Å². The normalized spacial score (nSPS) is 33.9. The van der Waals surface area contributed by atoms with E-state index in [0.717, 1.165) is 32.2 Å². The van der Waals surface area contributed by atoms with E-state index in [4.69, 9.17) is 4.74 Å². The first kappa shape index (κ1) is 16.3. The van der Waals surface area contributed by atoms with Crippen LogP contribution in [0.4, 0.5) is 0 Å². The molecule has 1 N–H and O–H groups in total. The molecule has 2 aliphatic rings. The van der Waals surface area contributed by atoms with Gasteiger partial charge in [0.2, 0.25) is 0 Å². The second kappa shape index (κ2) is 7.24. The van der Waals surface area contributed by atoms with Crippen LogP contribution in [0.5, 0.6) is 0 Å². The Morgan fingerprint density at radius 1 is 1.15 bits per heavy atom. The van der Waals surface area contributed by atoms with Crippen LogP contribution < -0.4 is 5.32 Å². The van der Waals surface area contributed by atoms with Gasteiger partial charge in [0, 0.05) is 25.7 Å². The quantitative estimate of drug-likeness (QED) is 0.806. The SMILES string of the molecule is CN1CCOC(CNC2CCCC(C(C)(C)C)CC2)C1. The predicted molar refractivity (Wildman–Crippen MR) is 85.1 cm³/mol. The fourth-order valence-corrected chi connectivity index (χ4v) is 3.66. The van der Waals surface area contributed by atoms with Crippen LogP contribution in [0.3, 0.4) is 0 Å². The number of hydrogen-bond acceptors (Lipinski definition) is 3. The highest BCUT2D eigenvalue weighted by atomic mass is 16.5. The summed E-state index contributed by atoms with van der Waals surface area (Å²) in [5.74, 6) is 0.895. The fraction of sp³-hybridized carbons (Fsp3) is 1.00. The smallest absolute Gasteiger partial charge is 0.0826 e. The zero-order chi connectivity index (χ0) is 14.6. The van der Waals surface area contributed by atoms with Gasteiger partial charge in [-0.2, -0.15) is 0 Å². The van der Waals surface area contributed by atoms with Crippen LogP contribution in [0, 0.1) is 11.3 Å². The lowest BCUT2D eigenvalue weighted by molar-refractivity contribution is -0.0194. The summed E-state index contributed by atoms with van der Waals surface area (Å²) in [7, 11) is 2.19. The number of rotatable bonds is 3. The number of nitrogens with zero attached hydrogens (tertiary/aromatic N) is 1. The average Bonchev–Trinajstić information content (AvgIpc) is 2.61. The van der Waals surface area contributed by atoms with Crippen molar-refractivity contribution in [2.24, 2.45) is 11.3 Å². The van der Waals surface area contributed by atoms with Gasteiger partial charge >= 0.3 is 0 Å². The predicted octanol–water partition coefficient (Wildman–Crippen LogP) is 2.90. The molecule has 0 aromatic carbocycles. The Labute approximate surface area is 125 Å². The summed E-state index contributed by atoms with van der Waals surface area (Å²) in [4.78, 5) is 2.37. The largest absolute Gasteiger partial charge is 0.374 e. The van der Waals surface area contributed by atoms with Gasteiger partial charge in [-0.1, -0.05) is 27.2 Å². The highest BCUT2D eigenvalue weighted by Gasteiger charge is 2.28. The van der Waals surface area contributed by atoms with Crippen molar-refractivity contribution in [3.63, 3.8) is 0 Å². The fourth-order valence-electron chi connectivity index (χ4n) is 3.66. The Morgan fingerprint density at radius 2 is 1.95 bits per heavy atom. The summed E-state index contributed by atoms with van der Waals surface area (Å²) in [5.41, 5.74) is 0.476. The first-order valence-corrected chi connectivity index (χ1v) is 8.48. The molecule has 1 aliphatic heterocycles. The number of nitrogens with one attached hydrogen (secondary N) is 1. The van der Waals surface area contributed by atoms with Gasteiger partial charge < -0.3 is 15.0 Å². The third-order valence-corrected chi connectivity index (χ3v) is 5.17. The molecule has 0 amide bonds. The number of morpholine rings is 1. The number of hydrogen-bond donors (Lipinski definition) is 1. The lowest BCUT2D eigenvalue weighted by atomic mass is 9.76. The van der Waals surface area contributed by atoms with Crippen LogP contribution in [0.2, 0.25) is 0 Å². The molecule has 0 aromatic heterocycles. The number of likely N-dealkylation sites (N-methyl/N-ethyl adjacent to an activating group) is 1. The van der Waals surface area contributed by atoms with E-state index in [0.29, 0.717) is 17.6 Å². The van der Waals surface area contributed by atoms with E-state index in [1.807, 2.05) is 0 Å². The van der Waals surface area contributed by atoms with Crippen molar-refractivity contribution in [2.75, 3.05) is 33.3 Å². The van der Waals surface area contributed by atoms with Crippen LogP contribution >= 0.6 is 0 Å². The molecule has 0 radical (unpaired) electrons. The summed E-state index contributed by atoms with van der Waals surface area (Å²) >= 11 is 0. The summed E-state index contributed by atoms with van der Waals surface area (Å²) in [6.07, 6.45) is 7.23. The van der Waals surface area contributed by atoms with Crippen molar-refractivity contribution in [3.8, 4) is 0 Å². The molecule has 1 aliphatic carbocycles. The zero-order valence-corrected chi connectivity index (χ0v) is 14.0. The Kier molecular flexibility index (Phi) is 5.88. The number of ether oxygens (including phenoxy) is 1. The summed E-state index contributed by atoms with van der Waals surface area (Å²) < 4.78 is 5.84. The standard InChI is InChI=1S/C17H34N2O/c1-17(2,3)14-6-5-7-15(9-8-14)18-12-16-13-19(4)10-11-20-16/h14-16,18H,5-13H2,1-4H3. The molecular weight excluding hydrogens is 248 g/mol. The second-order valence-electron chi connectivity index (χ2n) is 7.93. The average molecular weight is 282 g/mol. The highest BCUT2D eigenvalue weighted by molar-refractivity contribution is 4.82. The zero-order valence-electron chi connectivity index (χ0n) is 14.0. The minimum atomic E-state index is 0.385. The van der Waals surface area contributed by atoms with Crippen molar-refractivity contribution >= 4 is 0 Å². The maximum Gasteiger partial charge on any atom is 0.0826 e.